The molecule has 1 N–H and O–H groups in total. The van der Waals surface area contributed by atoms with Crippen LogP contribution in [0, 0.1) is 5.92 Å². The van der Waals surface area contributed by atoms with Crippen LogP contribution in [-0.4, -0.2) is 35.4 Å². The Morgan fingerprint density at radius 3 is 2.26 bits per heavy atom. The third kappa shape index (κ3) is 8.61. The molecule has 0 spiro atoms. The summed E-state index contributed by atoms with van der Waals surface area (Å²) in [5.74, 6) is 0.0679. The van der Waals surface area contributed by atoms with Gasteiger partial charge < -0.3 is 10.1 Å². The van der Waals surface area contributed by atoms with Crippen molar-refractivity contribution < 1.29 is 19.1 Å². The molecule has 0 aliphatic carbocycles. The Kier molecular flexibility index (Phi) is 10.1. The van der Waals surface area contributed by atoms with Crippen LogP contribution >= 0.6 is 11.8 Å². The Bertz CT molecular complexity index is 628. The molecule has 27 heavy (non-hydrogen) atoms. The molecule has 0 aliphatic heterocycles. The van der Waals surface area contributed by atoms with E-state index in [-0.39, 0.29) is 23.5 Å². The fraction of sp³-hybridized carbons (Fsp3) is 0.571. The average molecular weight is 394 g/mol. The molecule has 1 aromatic carbocycles. The van der Waals surface area contributed by atoms with Crippen molar-refractivity contribution in [2.45, 2.75) is 59.4 Å². The molecule has 1 aromatic rings. The highest BCUT2D eigenvalue weighted by atomic mass is 32.2. The number of carbonyl (C=O) groups is 3. The molecule has 0 radical (unpaired) electrons. The number of thioether (sulfide) groups is 1. The Morgan fingerprint density at radius 1 is 1.11 bits per heavy atom. The number of benzene rings is 1. The highest BCUT2D eigenvalue weighted by Crippen LogP contribution is 2.24. The molecule has 0 saturated heterocycles. The van der Waals surface area contributed by atoms with Gasteiger partial charge in [-0.1, -0.05) is 56.8 Å². The second kappa shape index (κ2) is 11.8. The summed E-state index contributed by atoms with van der Waals surface area (Å²) in [5, 5.41) is 2.64. The van der Waals surface area contributed by atoms with Crippen LogP contribution in [-0.2, 0) is 25.5 Å². The van der Waals surface area contributed by atoms with Gasteiger partial charge in [-0.2, -0.15) is 0 Å². The van der Waals surface area contributed by atoms with Gasteiger partial charge in [0, 0.05) is 12.7 Å². The van der Waals surface area contributed by atoms with E-state index in [4.69, 9.17) is 4.74 Å². The van der Waals surface area contributed by atoms with Gasteiger partial charge >= 0.3 is 5.97 Å². The summed E-state index contributed by atoms with van der Waals surface area (Å²) < 4.78 is 4.97. The fourth-order valence-corrected chi connectivity index (χ4v) is 3.63. The number of carbonyl (C=O) groups excluding carboxylic acids is 3. The van der Waals surface area contributed by atoms with Crippen LogP contribution in [0.25, 0.3) is 0 Å². The van der Waals surface area contributed by atoms with E-state index in [9.17, 15) is 14.4 Å². The molecule has 0 heterocycles. The number of amides is 1. The van der Waals surface area contributed by atoms with Crippen molar-refractivity contribution in [1.29, 1.82) is 0 Å². The lowest BCUT2D eigenvalue weighted by Crippen LogP contribution is -2.41. The molecule has 1 rings (SSSR count). The monoisotopic (exact) mass is 393 g/mol. The van der Waals surface area contributed by atoms with Crippen LogP contribution in [0.5, 0.6) is 0 Å². The number of hydrogen-bond donors (Lipinski definition) is 1. The van der Waals surface area contributed by atoms with Gasteiger partial charge in [-0.15, -0.1) is 0 Å². The van der Waals surface area contributed by atoms with E-state index in [1.807, 2.05) is 19.1 Å². The minimum atomic E-state index is -0.714. The van der Waals surface area contributed by atoms with Gasteiger partial charge in [0.1, 0.15) is 6.04 Å². The highest BCUT2D eigenvalue weighted by molar-refractivity contribution is 8.13. The highest BCUT2D eigenvalue weighted by Gasteiger charge is 2.22. The number of ether oxygens (including phenoxy) is 1. The van der Waals surface area contributed by atoms with Gasteiger partial charge in [-0.25, -0.2) is 4.79 Å². The predicted octanol–water partition coefficient (Wildman–Crippen LogP) is 3.71. The third-order valence-electron chi connectivity index (χ3n) is 4.08. The number of nitrogens with one attached hydrogen (secondary N) is 1. The molecule has 0 bridgehead atoms. The lowest BCUT2D eigenvalue weighted by atomic mass is 9.97. The first kappa shape index (κ1) is 23.2. The zero-order valence-corrected chi connectivity index (χ0v) is 17.7. The Morgan fingerprint density at radius 2 is 1.74 bits per heavy atom. The van der Waals surface area contributed by atoms with E-state index < -0.39 is 12.0 Å². The molecular weight excluding hydrogens is 362 g/mol. The smallest absolute Gasteiger partial charge is 0.328 e. The number of rotatable bonds is 10. The first-order valence-electron chi connectivity index (χ1n) is 9.43. The summed E-state index contributed by atoms with van der Waals surface area (Å²) in [6.45, 7) is 9.58. The molecule has 150 valence electrons. The zero-order chi connectivity index (χ0) is 20.4. The van der Waals surface area contributed by atoms with Gasteiger partial charge in [0.15, 0.2) is 5.12 Å². The summed E-state index contributed by atoms with van der Waals surface area (Å²) >= 11 is 1.19. The van der Waals surface area contributed by atoms with Gasteiger partial charge in [-0.3, -0.25) is 9.59 Å². The Hall–Kier alpha value is -1.82. The van der Waals surface area contributed by atoms with Gasteiger partial charge in [0.05, 0.1) is 12.5 Å². The Labute approximate surface area is 166 Å². The SMILES string of the molecule is CCOC(=O)C(CCSC(=O)C(C)c1ccc(CC(C)C)cc1)NC(C)=O. The van der Waals surface area contributed by atoms with Crippen LogP contribution in [0.3, 0.4) is 0 Å². The quantitative estimate of drug-likeness (QED) is 0.614. The van der Waals surface area contributed by atoms with Gasteiger partial charge in [0.25, 0.3) is 0 Å². The van der Waals surface area contributed by atoms with Crippen LogP contribution in [0.4, 0.5) is 0 Å². The molecule has 1 amide bonds. The zero-order valence-electron chi connectivity index (χ0n) is 16.9. The van der Waals surface area contributed by atoms with Crippen molar-refractivity contribution in [3.05, 3.63) is 35.4 Å². The van der Waals surface area contributed by atoms with Gasteiger partial charge in [0.2, 0.25) is 5.91 Å². The normalized spacial score (nSPS) is 13.1. The lowest BCUT2D eigenvalue weighted by Gasteiger charge is -2.16. The second-order valence-electron chi connectivity index (χ2n) is 7.02. The standard InChI is InChI=1S/C21H31NO4S/c1-6-26-20(24)19(22-16(5)23)11-12-27-21(25)15(4)18-9-7-17(8-10-18)13-14(2)3/h7-10,14-15,19H,6,11-13H2,1-5H3,(H,22,23). The first-order valence-corrected chi connectivity index (χ1v) is 10.4. The molecule has 0 fully saturated rings. The van der Waals surface area contributed by atoms with Crippen molar-refractivity contribution in [2.75, 3.05) is 12.4 Å². The molecule has 0 aliphatic rings. The minimum absolute atomic E-state index is 0.0528. The maximum atomic E-state index is 12.5. The molecule has 0 saturated carbocycles. The first-order chi connectivity index (χ1) is 12.7. The molecular formula is C21H31NO4S. The van der Waals surface area contributed by atoms with E-state index in [2.05, 4.69) is 31.3 Å². The summed E-state index contributed by atoms with van der Waals surface area (Å²) in [4.78, 5) is 35.6. The lowest BCUT2D eigenvalue weighted by molar-refractivity contribution is -0.147. The topological polar surface area (TPSA) is 72.5 Å². The molecule has 2 atom stereocenters. The maximum Gasteiger partial charge on any atom is 0.328 e. The summed E-state index contributed by atoms with van der Waals surface area (Å²) in [6, 6.07) is 7.47. The summed E-state index contributed by atoms with van der Waals surface area (Å²) in [6.07, 6.45) is 1.38. The van der Waals surface area contributed by atoms with Crippen LogP contribution in [0.15, 0.2) is 24.3 Å². The molecule has 2 unspecified atom stereocenters. The van der Waals surface area contributed by atoms with Crippen LogP contribution in [0.2, 0.25) is 0 Å². The number of hydrogen-bond acceptors (Lipinski definition) is 5. The van der Waals surface area contributed by atoms with Crippen molar-refractivity contribution >= 4 is 28.8 Å². The molecule has 5 nitrogen and oxygen atoms in total. The van der Waals surface area contributed by atoms with Gasteiger partial charge in [-0.05, 0) is 36.8 Å². The second-order valence-corrected chi connectivity index (χ2v) is 8.12. The van der Waals surface area contributed by atoms with Crippen molar-refractivity contribution in [1.82, 2.24) is 5.32 Å². The Balaban J connectivity index is 2.56. The largest absolute Gasteiger partial charge is 0.464 e. The number of esters is 1. The average Bonchev–Trinajstić information content (AvgIpc) is 2.60. The predicted molar refractivity (Wildman–Crippen MR) is 110 cm³/mol. The van der Waals surface area contributed by atoms with E-state index in [0.29, 0.717) is 18.1 Å². The molecule has 6 heteroatoms. The molecule has 0 aromatic heterocycles. The third-order valence-corrected chi connectivity index (χ3v) is 5.15. The van der Waals surface area contributed by atoms with E-state index in [1.165, 1.54) is 24.2 Å². The maximum absolute atomic E-state index is 12.5. The summed E-state index contributed by atoms with van der Waals surface area (Å²) in [7, 11) is 0. The van der Waals surface area contributed by atoms with E-state index >= 15 is 0 Å². The van der Waals surface area contributed by atoms with Crippen molar-refractivity contribution in [3.8, 4) is 0 Å². The van der Waals surface area contributed by atoms with Crippen molar-refractivity contribution in [3.63, 3.8) is 0 Å². The van der Waals surface area contributed by atoms with Crippen LogP contribution in [0.1, 0.15) is 58.1 Å². The van der Waals surface area contributed by atoms with E-state index in [1.54, 1.807) is 6.92 Å². The summed E-state index contributed by atoms with van der Waals surface area (Å²) in [5.41, 5.74) is 2.26. The van der Waals surface area contributed by atoms with Crippen LogP contribution < -0.4 is 5.32 Å². The van der Waals surface area contributed by atoms with E-state index in [0.717, 1.165) is 12.0 Å². The van der Waals surface area contributed by atoms with Crippen molar-refractivity contribution in [2.24, 2.45) is 5.92 Å². The minimum Gasteiger partial charge on any atom is -0.464 e. The fourth-order valence-electron chi connectivity index (χ4n) is 2.69.